The average molecular weight is 335 g/mol. The molecular weight excluding hydrogens is 312 g/mol. The van der Waals surface area contributed by atoms with Gasteiger partial charge in [-0.15, -0.1) is 0 Å². The molecule has 2 aliphatic rings. The summed E-state index contributed by atoms with van der Waals surface area (Å²) in [6, 6.07) is 3.76. The fourth-order valence-corrected chi connectivity index (χ4v) is 3.66. The summed E-state index contributed by atoms with van der Waals surface area (Å²) in [7, 11) is 1.77. The van der Waals surface area contributed by atoms with Gasteiger partial charge in [-0.1, -0.05) is 6.92 Å². The fourth-order valence-electron chi connectivity index (χ4n) is 3.66. The summed E-state index contributed by atoms with van der Waals surface area (Å²) < 4.78 is 33.4. The van der Waals surface area contributed by atoms with Crippen molar-refractivity contribution in [1.82, 2.24) is 4.90 Å². The van der Waals surface area contributed by atoms with Crippen LogP contribution in [0.3, 0.4) is 0 Å². The SMILES string of the molecule is CN=C1CN([C@H]2CO[C@H](c3cc(F)ccc3F)[C@@H](C)C2)CC1=CN. The maximum atomic E-state index is 14.0. The van der Waals surface area contributed by atoms with Crippen LogP contribution in [-0.2, 0) is 4.74 Å². The molecule has 0 radical (unpaired) electrons. The number of ether oxygens (including phenoxy) is 1. The average Bonchev–Trinajstić information content (AvgIpc) is 3.00. The molecule has 0 saturated carbocycles. The number of benzene rings is 1. The van der Waals surface area contributed by atoms with E-state index in [0.717, 1.165) is 42.9 Å². The molecule has 2 aliphatic heterocycles. The molecule has 0 bridgehead atoms. The Labute approximate surface area is 141 Å². The van der Waals surface area contributed by atoms with E-state index in [9.17, 15) is 8.78 Å². The molecule has 4 nitrogen and oxygen atoms in total. The quantitative estimate of drug-likeness (QED) is 0.904. The Morgan fingerprint density at radius 3 is 2.75 bits per heavy atom. The normalized spacial score (nSPS) is 31.9. The molecule has 3 atom stereocenters. The zero-order chi connectivity index (χ0) is 17.3. The number of halogens is 2. The molecule has 6 heteroatoms. The van der Waals surface area contributed by atoms with Gasteiger partial charge in [0, 0.05) is 43.5 Å². The molecule has 2 saturated heterocycles. The van der Waals surface area contributed by atoms with Gasteiger partial charge < -0.3 is 10.5 Å². The van der Waals surface area contributed by atoms with E-state index < -0.39 is 17.7 Å². The van der Waals surface area contributed by atoms with Crippen LogP contribution in [0.4, 0.5) is 8.78 Å². The highest BCUT2D eigenvalue weighted by atomic mass is 19.1. The molecule has 2 fully saturated rings. The highest BCUT2D eigenvalue weighted by Gasteiger charge is 2.36. The van der Waals surface area contributed by atoms with Crippen molar-refractivity contribution in [1.29, 1.82) is 0 Å². The van der Waals surface area contributed by atoms with Crippen molar-refractivity contribution in [2.24, 2.45) is 16.6 Å². The Bertz CT molecular complexity index is 654. The van der Waals surface area contributed by atoms with Crippen molar-refractivity contribution in [3.8, 4) is 0 Å². The molecule has 1 aromatic carbocycles. The number of nitrogens with zero attached hydrogens (tertiary/aromatic N) is 2. The van der Waals surface area contributed by atoms with Crippen LogP contribution in [0.2, 0.25) is 0 Å². The first-order chi connectivity index (χ1) is 11.5. The van der Waals surface area contributed by atoms with Crippen LogP contribution in [0.25, 0.3) is 0 Å². The minimum absolute atomic E-state index is 0.0907. The lowest BCUT2D eigenvalue weighted by molar-refractivity contribution is -0.0650. The Kier molecular flexibility index (Phi) is 4.96. The third-order valence-corrected chi connectivity index (χ3v) is 4.98. The third-order valence-electron chi connectivity index (χ3n) is 4.98. The second-order valence-electron chi connectivity index (χ2n) is 6.55. The lowest BCUT2D eigenvalue weighted by Crippen LogP contribution is -2.43. The molecular formula is C18H23F2N3O. The molecule has 2 heterocycles. The molecule has 0 amide bonds. The lowest BCUT2D eigenvalue weighted by atomic mass is 9.88. The second kappa shape index (κ2) is 6.99. The van der Waals surface area contributed by atoms with Crippen LogP contribution in [0.1, 0.15) is 25.0 Å². The van der Waals surface area contributed by atoms with Gasteiger partial charge in [-0.3, -0.25) is 9.89 Å². The summed E-state index contributed by atoms with van der Waals surface area (Å²) in [5.74, 6) is -0.764. The van der Waals surface area contributed by atoms with E-state index in [1.54, 1.807) is 13.2 Å². The smallest absolute Gasteiger partial charge is 0.129 e. The van der Waals surface area contributed by atoms with E-state index in [4.69, 9.17) is 10.5 Å². The molecule has 24 heavy (non-hydrogen) atoms. The van der Waals surface area contributed by atoms with Crippen molar-refractivity contribution in [2.45, 2.75) is 25.5 Å². The lowest BCUT2D eigenvalue weighted by Gasteiger charge is -2.38. The van der Waals surface area contributed by atoms with Gasteiger partial charge in [-0.25, -0.2) is 8.78 Å². The first-order valence-electron chi connectivity index (χ1n) is 8.21. The van der Waals surface area contributed by atoms with E-state index >= 15 is 0 Å². The van der Waals surface area contributed by atoms with E-state index in [1.165, 1.54) is 6.07 Å². The molecule has 3 rings (SSSR count). The summed E-state index contributed by atoms with van der Waals surface area (Å²) in [6.45, 7) is 4.01. The van der Waals surface area contributed by atoms with Crippen molar-refractivity contribution in [3.63, 3.8) is 0 Å². The Balaban J connectivity index is 1.71. The van der Waals surface area contributed by atoms with Gasteiger partial charge in [-0.05, 0) is 30.5 Å². The summed E-state index contributed by atoms with van der Waals surface area (Å²) in [6.07, 6.45) is 2.05. The molecule has 0 spiro atoms. The maximum Gasteiger partial charge on any atom is 0.129 e. The van der Waals surface area contributed by atoms with Crippen LogP contribution < -0.4 is 5.73 Å². The highest BCUT2D eigenvalue weighted by molar-refractivity contribution is 6.03. The highest BCUT2D eigenvalue weighted by Crippen LogP contribution is 2.37. The zero-order valence-electron chi connectivity index (χ0n) is 14.0. The number of rotatable bonds is 2. The van der Waals surface area contributed by atoms with Crippen molar-refractivity contribution in [2.75, 3.05) is 26.7 Å². The van der Waals surface area contributed by atoms with E-state index in [2.05, 4.69) is 9.89 Å². The van der Waals surface area contributed by atoms with Crippen molar-refractivity contribution >= 4 is 5.71 Å². The van der Waals surface area contributed by atoms with Crippen LogP contribution in [0.15, 0.2) is 35.0 Å². The first kappa shape index (κ1) is 17.0. The summed E-state index contributed by atoms with van der Waals surface area (Å²) >= 11 is 0. The largest absolute Gasteiger partial charge is 0.404 e. The first-order valence-corrected chi connectivity index (χ1v) is 8.21. The Morgan fingerprint density at radius 1 is 1.33 bits per heavy atom. The van der Waals surface area contributed by atoms with E-state index in [0.29, 0.717) is 12.2 Å². The van der Waals surface area contributed by atoms with Gasteiger partial charge in [0.2, 0.25) is 0 Å². The second-order valence-corrected chi connectivity index (χ2v) is 6.55. The van der Waals surface area contributed by atoms with Crippen LogP contribution in [0.5, 0.6) is 0 Å². The number of hydrogen-bond donors (Lipinski definition) is 1. The van der Waals surface area contributed by atoms with Gasteiger partial charge in [0.25, 0.3) is 0 Å². The van der Waals surface area contributed by atoms with Crippen LogP contribution in [0, 0.1) is 17.6 Å². The number of hydrogen-bond acceptors (Lipinski definition) is 4. The van der Waals surface area contributed by atoms with Crippen LogP contribution >= 0.6 is 0 Å². The maximum absolute atomic E-state index is 14.0. The van der Waals surface area contributed by atoms with Gasteiger partial charge in [0.05, 0.1) is 18.4 Å². The minimum atomic E-state index is -0.439. The third kappa shape index (κ3) is 3.21. The summed E-state index contributed by atoms with van der Waals surface area (Å²) in [4.78, 5) is 6.57. The summed E-state index contributed by atoms with van der Waals surface area (Å²) in [5, 5.41) is 0. The molecule has 1 aromatic rings. The predicted molar refractivity (Wildman–Crippen MR) is 89.8 cm³/mol. The molecule has 2 N–H and O–H groups in total. The number of aliphatic imine (C=N–C) groups is 1. The monoisotopic (exact) mass is 335 g/mol. The summed E-state index contributed by atoms with van der Waals surface area (Å²) in [5.41, 5.74) is 8.02. The standard InChI is InChI=1S/C18H23F2N3O/c1-11-5-14(23-8-12(7-21)17(9-23)22-2)10-24-18(11)15-6-13(19)3-4-16(15)20/h3-4,6-7,11,14,18H,5,8-10,21H2,1-2H3/t11-,14+,18-/m0/s1. The van der Waals surface area contributed by atoms with Gasteiger partial charge >= 0.3 is 0 Å². The topological polar surface area (TPSA) is 50.8 Å². The van der Waals surface area contributed by atoms with Gasteiger partial charge in [0.1, 0.15) is 11.6 Å². The number of nitrogens with two attached hydrogens (primary N) is 1. The molecule has 0 aliphatic carbocycles. The van der Waals surface area contributed by atoms with Crippen molar-refractivity contribution < 1.29 is 13.5 Å². The van der Waals surface area contributed by atoms with Gasteiger partial charge in [0.15, 0.2) is 0 Å². The van der Waals surface area contributed by atoms with Crippen LogP contribution in [-0.4, -0.2) is 43.4 Å². The van der Waals surface area contributed by atoms with Gasteiger partial charge in [-0.2, -0.15) is 0 Å². The Hall–Kier alpha value is -1.79. The van der Waals surface area contributed by atoms with E-state index in [1.807, 2.05) is 6.92 Å². The zero-order valence-corrected chi connectivity index (χ0v) is 14.0. The Morgan fingerprint density at radius 2 is 2.12 bits per heavy atom. The molecule has 0 unspecified atom stereocenters. The van der Waals surface area contributed by atoms with E-state index in [-0.39, 0.29) is 12.0 Å². The minimum Gasteiger partial charge on any atom is -0.404 e. The fraction of sp³-hybridized carbons (Fsp3) is 0.500. The molecule has 0 aromatic heterocycles. The van der Waals surface area contributed by atoms with Crippen molar-refractivity contribution in [3.05, 3.63) is 47.2 Å². The molecule has 130 valence electrons. The predicted octanol–water partition coefficient (Wildman–Crippen LogP) is 2.66. The number of likely N-dealkylation sites (tertiary alicyclic amines) is 1.